The lowest BCUT2D eigenvalue weighted by atomic mass is 10.00. The van der Waals surface area contributed by atoms with Crippen molar-refractivity contribution in [1.82, 2.24) is 19.4 Å². The topological polar surface area (TPSA) is 83.1 Å². The van der Waals surface area contributed by atoms with Gasteiger partial charge in [0.25, 0.3) is 5.56 Å². The molecule has 158 valence electrons. The number of amides is 1. The van der Waals surface area contributed by atoms with Crippen LogP contribution in [0.4, 0.5) is 0 Å². The van der Waals surface area contributed by atoms with Gasteiger partial charge in [-0.25, -0.2) is 0 Å². The van der Waals surface area contributed by atoms with Crippen LogP contribution in [0.3, 0.4) is 0 Å². The molecule has 0 fully saturated rings. The predicted molar refractivity (Wildman–Crippen MR) is 122 cm³/mol. The molecule has 3 heterocycles. The number of methoxy groups -OCH3 is 1. The number of H-pyrrole nitrogens is 2. The highest BCUT2D eigenvalue weighted by molar-refractivity contribution is 7.71. The lowest BCUT2D eigenvalue weighted by molar-refractivity contribution is -0.132. The second-order valence-corrected chi connectivity index (χ2v) is 8.14. The third kappa shape index (κ3) is 3.42. The molecule has 1 aliphatic rings. The Kier molecular flexibility index (Phi) is 4.86. The number of aromatic nitrogens is 3. The lowest BCUT2D eigenvalue weighted by Gasteiger charge is -2.29. The SMILES string of the molecule is COc1ccc2[nH]c3c(=O)n(CCC(=O)N4CCc5ccccc5C4)c(=S)[nH]c3c2c1. The van der Waals surface area contributed by atoms with Crippen LogP contribution in [-0.4, -0.2) is 39.0 Å². The Morgan fingerprint density at radius 2 is 1.94 bits per heavy atom. The number of fused-ring (bicyclic) bond motifs is 4. The minimum Gasteiger partial charge on any atom is -0.497 e. The van der Waals surface area contributed by atoms with E-state index in [0.717, 1.165) is 17.3 Å². The molecule has 0 radical (unpaired) electrons. The van der Waals surface area contributed by atoms with Gasteiger partial charge in [-0.2, -0.15) is 0 Å². The summed E-state index contributed by atoms with van der Waals surface area (Å²) in [5.74, 6) is 0.725. The van der Waals surface area contributed by atoms with E-state index < -0.39 is 0 Å². The molecule has 1 aliphatic heterocycles. The smallest absolute Gasteiger partial charge is 0.278 e. The zero-order valence-electron chi connectivity index (χ0n) is 17.1. The van der Waals surface area contributed by atoms with Crippen molar-refractivity contribution in [1.29, 1.82) is 0 Å². The summed E-state index contributed by atoms with van der Waals surface area (Å²) in [6.45, 7) is 1.54. The second kappa shape index (κ2) is 7.70. The first kappa shape index (κ1) is 19.6. The van der Waals surface area contributed by atoms with Gasteiger partial charge in [-0.15, -0.1) is 0 Å². The molecule has 0 bridgehead atoms. The van der Waals surface area contributed by atoms with Crippen molar-refractivity contribution in [2.75, 3.05) is 13.7 Å². The van der Waals surface area contributed by atoms with Gasteiger partial charge in [0.15, 0.2) is 4.77 Å². The molecule has 2 aromatic heterocycles. The largest absolute Gasteiger partial charge is 0.497 e. The fourth-order valence-corrected chi connectivity index (χ4v) is 4.54. The quantitative estimate of drug-likeness (QED) is 0.482. The van der Waals surface area contributed by atoms with Gasteiger partial charge in [0.1, 0.15) is 11.3 Å². The molecular formula is C23H22N4O3S. The van der Waals surface area contributed by atoms with Crippen LogP contribution in [0.25, 0.3) is 21.9 Å². The number of hydrogen-bond donors (Lipinski definition) is 2. The van der Waals surface area contributed by atoms with Gasteiger partial charge < -0.3 is 19.6 Å². The average molecular weight is 435 g/mol. The van der Waals surface area contributed by atoms with Crippen molar-refractivity contribution in [3.63, 3.8) is 0 Å². The maximum Gasteiger partial charge on any atom is 0.278 e. The minimum absolute atomic E-state index is 0.0253. The summed E-state index contributed by atoms with van der Waals surface area (Å²) in [5.41, 5.74) is 4.16. The average Bonchev–Trinajstić information content (AvgIpc) is 3.16. The summed E-state index contributed by atoms with van der Waals surface area (Å²) < 4.78 is 7.05. The van der Waals surface area contributed by atoms with Gasteiger partial charge in [-0.3, -0.25) is 14.2 Å². The van der Waals surface area contributed by atoms with Gasteiger partial charge in [0.05, 0.1) is 12.6 Å². The van der Waals surface area contributed by atoms with Crippen LogP contribution in [0.2, 0.25) is 0 Å². The van der Waals surface area contributed by atoms with E-state index in [0.29, 0.717) is 34.6 Å². The molecule has 0 atom stereocenters. The maximum atomic E-state index is 13.1. The zero-order valence-corrected chi connectivity index (χ0v) is 17.9. The summed E-state index contributed by atoms with van der Waals surface area (Å²) in [5, 5.41) is 0.841. The molecule has 1 amide bonds. The molecule has 0 unspecified atom stereocenters. The number of aromatic amines is 2. The van der Waals surface area contributed by atoms with E-state index in [-0.39, 0.29) is 24.4 Å². The summed E-state index contributed by atoms with van der Waals surface area (Å²) >= 11 is 5.46. The maximum absolute atomic E-state index is 13.1. The number of carbonyl (C=O) groups is 1. The predicted octanol–water partition coefficient (Wildman–Crippen LogP) is 3.52. The third-order valence-electron chi connectivity index (χ3n) is 5.97. The Hall–Kier alpha value is -3.39. The summed E-state index contributed by atoms with van der Waals surface area (Å²) in [4.78, 5) is 34.1. The number of benzene rings is 2. The van der Waals surface area contributed by atoms with Crippen LogP contribution in [0.1, 0.15) is 17.5 Å². The first-order chi connectivity index (χ1) is 15.0. The van der Waals surface area contributed by atoms with Crippen molar-refractivity contribution in [2.24, 2.45) is 0 Å². The van der Waals surface area contributed by atoms with E-state index in [9.17, 15) is 9.59 Å². The molecule has 4 aromatic rings. The monoisotopic (exact) mass is 434 g/mol. The first-order valence-corrected chi connectivity index (χ1v) is 10.6. The molecule has 8 heteroatoms. The molecule has 2 N–H and O–H groups in total. The van der Waals surface area contributed by atoms with Crippen molar-refractivity contribution in [2.45, 2.75) is 25.9 Å². The molecule has 2 aromatic carbocycles. The summed E-state index contributed by atoms with van der Waals surface area (Å²) in [6.07, 6.45) is 1.07. The molecule has 31 heavy (non-hydrogen) atoms. The molecule has 7 nitrogen and oxygen atoms in total. The number of carbonyl (C=O) groups excluding carboxylic acids is 1. The number of nitrogens with one attached hydrogen (secondary N) is 2. The summed E-state index contributed by atoms with van der Waals surface area (Å²) in [7, 11) is 1.60. The fraction of sp³-hybridized carbons (Fsp3) is 0.261. The van der Waals surface area contributed by atoms with Crippen molar-refractivity contribution >= 4 is 40.1 Å². The highest BCUT2D eigenvalue weighted by Gasteiger charge is 2.21. The van der Waals surface area contributed by atoms with E-state index in [1.807, 2.05) is 35.2 Å². The first-order valence-electron chi connectivity index (χ1n) is 10.2. The van der Waals surface area contributed by atoms with E-state index in [1.165, 1.54) is 15.7 Å². The number of nitrogens with zero attached hydrogens (tertiary/aromatic N) is 2. The molecule has 5 rings (SSSR count). The Bertz CT molecular complexity index is 1430. The summed E-state index contributed by atoms with van der Waals surface area (Å²) in [6, 6.07) is 13.8. The van der Waals surface area contributed by atoms with Crippen LogP contribution in [-0.2, 0) is 24.3 Å². The standard InChI is InChI=1S/C23H22N4O3S/c1-30-16-6-7-18-17(12-16)20-21(24-18)22(29)27(23(31)25-20)11-9-19(28)26-10-8-14-4-2-3-5-15(14)13-26/h2-7,12,24H,8-11,13H2,1H3,(H,25,31). The van der Waals surface area contributed by atoms with Crippen LogP contribution < -0.4 is 10.3 Å². The zero-order chi connectivity index (χ0) is 21.5. The van der Waals surface area contributed by atoms with E-state index in [2.05, 4.69) is 22.1 Å². The van der Waals surface area contributed by atoms with Crippen LogP contribution in [0.15, 0.2) is 47.3 Å². The Morgan fingerprint density at radius 3 is 2.74 bits per heavy atom. The Morgan fingerprint density at radius 1 is 1.13 bits per heavy atom. The van der Waals surface area contributed by atoms with Crippen LogP contribution in [0, 0.1) is 4.77 Å². The number of hydrogen-bond acceptors (Lipinski definition) is 4. The lowest BCUT2D eigenvalue weighted by Crippen LogP contribution is -2.37. The highest BCUT2D eigenvalue weighted by Crippen LogP contribution is 2.26. The van der Waals surface area contributed by atoms with Gasteiger partial charge in [-0.05, 0) is 48.0 Å². The fourth-order valence-electron chi connectivity index (χ4n) is 4.27. The van der Waals surface area contributed by atoms with Crippen LogP contribution in [0.5, 0.6) is 5.75 Å². The van der Waals surface area contributed by atoms with Crippen molar-refractivity contribution in [3.8, 4) is 5.75 Å². The molecule has 0 saturated heterocycles. The van der Waals surface area contributed by atoms with E-state index in [1.54, 1.807) is 7.11 Å². The number of rotatable bonds is 4. The van der Waals surface area contributed by atoms with Gasteiger partial charge >= 0.3 is 0 Å². The molecular weight excluding hydrogens is 412 g/mol. The van der Waals surface area contributed by atoms with E-state index in [4.69, 9.17) is 17.0 Å². The number of ether oxygens (including phenoxy) is 1. The van der Waals surface area contributed by atoms with Gasteiger partial charge in [0, 0.05) is 37.0 Å². The van der Waals surface area contributed by atoms with Crippen molar-refractivity contribution < 1.29 is 9.53 Å². The van der Waals surface area contributed by atoms with E-state index >= 15 is 0 Å². The molecule has 0 aliphatic carbocycles. The molecule has 0 spiro atoms. The van der Waals surface area contributed by atoms with Gasteiger partial charge in [0.2, 0.25) is 5.91 Å². The normalized spacial score (nSPS) is 13.5. The van der Waals surface area contributed by atoms with Crippen LogP contribution >= 0.6 is 12.2 Å². The Balaban J connectivity index is 1.41. The minimum atomic E-state index is -0.231. The van der Waals surface area contributed by atoms with Gasteiger partial charge in [-0.1, -0.05) is 24.3 Å². The molecule has 0 saturated carbocycles. The third-order valence-corrected chi connectivity index (χ3v) is 6.30. The highest BCUT2D eigenvalue weighted by atomic mass is 32.1. The second-order valence-electron chi connectivity index (χ2n) is 7.76. The van der Waals surface area contributed by atoms with Crippen molar-refractivity contribution in [3.05, 3.63) is 68.7 Å². The Labute approximate surface area is 183 Å².